The molecule has 0 unspecified atom stereocenters. The molecule has 1 fully saturated rings. The third kappa shape index (κ3) is 5.59. The van der Waals surface area contributed by atoms with E-state index in [0.717, 1.165) is 60.9 Å². The maximum absolute atomic E-state index is 12.7. The monoisotopic (exact) mass is 440 g/mol. The Hall–Kier alpha value is -1.96. The van der Waals surface area contributed by atoms with Gasteiger partial charge in [0.2, 0.25) is 5.91 Å². The fourth-order valence-corrected chi connectivity index (χ4v) is 5.83. The molecular formula is C23H28N4OS2. The summed E-state index contributed by atoms with van der Waals surface area (Å²) in [5.41, 5.74) is 2.20. The second kappa shape index (κ2) is 10.4. The second-order valence-electron chi connectivity index (χ2n) is 7.72. The SMILES string of the molecule is CN(C(=O)CSCc1nc2ccccc2s1)C1CCN(CCc2ccccn2)CC1. The van der Waals surface area contributed by atoms with E-state index in [1.807, 2.05) is 48.5 Å². The quantitative estimate of drug-likeness (QED) is 0.528. The number of para-hydroxylation sites is 1. The van der Waals surface area contributed by atoms with Gasteiger partial charge in [0.05, 0.1) is 16.0 Å². The first-order valence-electron chi connectivity index (χ1n) is 10.5. The van der Waals surface area contributed by atoms with Crippen LogP contribution in [-0.2, 0) is 17.0 Å². The van der Waals surface area contributed by atoms with Crippen LogP contribution in [0.15, 0.2) is 48.7 Å². The number of rotatable bonds is 8. The average molecular weight is 441 g/mol. The van der Waals surface area contributed by atoms with Crippen LogP contribution in [0, 0.1) is 0 Å². The number of thioether (sulfide) groups is 1. The molecule has 2 aromatic heterocycles. The van der Waals surface area contributed by atoms with Crippen LogP contribution in [0.4, 0.5) is 0 Å². The summed E-state index contributed by atoms with van der Waals surface area (Å²) in [6, 6.07) is 14.6. The van der Waals surface area contributed by atoms with Crippen LogP contribution in [-0.4, -0.2) is 64.2 Å². The van der Waals surface area contributed by atoms with E-state index >= 15 is 0 Å². The smallest absolute Gasteiger partial charge is 0.232 e. The summed E-state index contributed by atoms with van der Waals surface area (Å²) in [6.07, 6.45) is 4.94. The van der Waals surface area contributed by atoms with Gasteiger partial charge in [0.15, 0.2) is 0 Å². The molecule has 4 rings (SSSR count). The number of carbonyl (C=O) groups is 1. The zero-order valence-electron chi connectivity index (χ0n) is 17.4. The van der Waals surface area contributed by atoms with Crippen molar-refractivity contribution < 1.29 is 4.79 Å². The van der Waals surface area contributed by atoms with Crippen molar-refractivity contribution in [1.29, 1.82) is 0 Å². The summed E-state index contributed by atoms with van der Waals surface area (Å²) in [5.74, 6) is 1.55. The van der Waals surface area contributed by atoms with Crippen LogP contribution in [0.5, 0.6) is 0 Å². The molecule has 5 nitrogen and oxygen atoms in total. The van der Waals surface area contributed by atoms with E-state index in [1.54, 1.807) is 23.1 Å². The lowest BCUT2D eigenvalue weighted by atomic mass is 10.0. The van der Waals surface area contributed by atoms with Crippen molar-refractivity contribution in [3.05, 3.63) is 59.4 Å². The van der Waals surface area contributed by atoms with Gasteiger partial charge in [-0.2, -0.15) is 0 Å². The Bertz CT molecular complexity index is 921. The van der Waals surface area contributed by atoms with Crippen LogP contribution in [0.2, 0.25) is 0 Å². The highest BCUT2D eigenvalue weighted by atomic mass is 32.2. The lowest BCUT2D eigenvalue weighted by molar-refractivity contribution is -0.129. The van der Waals surface area contributed by atoms with Gasteiger partial charge in [-0.25, -0.2) is 4.98 Å². The number of pyridine rings is 1. The van der Waals surface area contributed by atoms with Gasteiger partial charge in [0, 0.05) is 56.8 Å². The van der Waals surface area contributed by atoms with E-state index in [1.165, 1.54) is 4.70 Å². The van der Waals surface area contributed by atoms with Crippen molar-refractivity contribution in [2.45, 2.75) is 31.1 Å². The maximum Gasteiger partial charge on any atom is 0.232 e. The topological polar surface area (TPSA) is 49.3 Å². The Morgan fingerprint density at radius 3 is 2.77 bits per heavy atom. The Balaban J connectivity index is 1.17. The van der Waals surface area contributed by atoms with Crippen LogP contribution in [0.1, 0.15) is 23.5 Å². The molecular weight excluding hydrogens is 412 g/mol. The number of hydrogen-bond acceptors (Lipinski definition) is 6. The van der Waals surface area contributed by atoms with Crippen LogP contribution in [0.3, 0.4) is 0 Å². The van der Waals surface area contributed by atoms with Gasteiger partial charge in [-0.3, -0.25) is 9.78 Å². The van der Waals surface area contributed by atoms with Crippen molar-refractivity contribution in [2.75, 3.05) is 32.4 Å². The fraction of sp³-hybridized carbons (Fsp3) is 0.435. The minimum Gasteiger partial charge on any atom is -0.342 e. The first-order chi connectivity index (χ1) is 14.7. The Morgan fingerprint density at radius 2 is 2.00 bits per heavy atom. The summed E-state index contributed by atoms with van der Waals surface area (Å²) < 4.78 is 1.21. The molecule has 0 bridgehead atoms. The minimum atomic E-state index is 0.230. The molecule has 1 amide bonds. The van der Waals surface area contributed by atoms with Crippen molar-refractivity contribution in [3.8, 4) is 0 Å². The van der Waals surface area contributed by atoms with Crippen molar-refractivity contribution >= 4 is 39.2 Å². The van der Waals surface area contributed by atoms with E-state index in [-0.39, 0.29) is 5.91 Å². The van der Waals surface area contributed by atoms with Gasteiger partial charge < -0.3 is 9.80 Å². The molecule has 1 aliphatic heterocycles. The van der Waals surface area contributed by atoms with Crippen molar-refractivity contribution in [3.63, 3.8) is 0 Å². The third-order valence-electron chi connectivity index (χ3n) is 5.70. The van der Waals surface area contributed by atoms with Gasteiger partial charge in [0.25, 0.3) is 0 Å². The lowest BCUT2D eigenvalue weighted by Gasteiger charge is -2.36. The summed E-state index contributed by atoms with van der Waals surface area (Å²) in [5, 5.41) is 1.10. The number of likely N-dealkylation sites (tertiary alicyclic amines) is 1. The van der Waals surface area contributed by atoms with Crippen molar-refractivity contribution in [2.24, 2.45) is 0 Å². The number of carbonyl (C=O) groups excluding carboxylic acids is 1. The lowest BCUT2D eigenvalue weighted by Crippen LogP contribution is -2.46. The van der Waals surface area contributed by atoms with E-state index in [4.69, 9.17) is 0 Å². The Labute approximate surface area is 186 Å². The summed E-state index contributed by atoms with van der Waals surface area (Å²) in [4.78, 5) is 26.2. The van der Waals surface area contributed by atoms with Crippen LogP contribution < -0.4 is 0 Å². The third-order valence-corrected chi connectivity index (χ3v) is 7.85. The van der Waals surface area contributed by atoms with Gasteiger partial charge in [-0.1, -0.05) is 18.2 Å². The molecule has 0 spiro atoms. The van der Waals surface area contributed by atoms with Crippen molar-refractivity contribution in [1.82, 2.24) is 19.8 Å². The molecule has 3 heterocycles. The molecule has 0 radical (unpaired) electrons. The fourth-order valence-electron chi connectivity index (χ4n) is 3.86. The van der Waals surface area contributed by atoms with Gasteiger partial charge in [-0.05, 0) is 37.1 Å². The molecule has 0 aliphatic carbocycles. The van der Waals surface area contributed by atoms with Gasteiger partial charge >= 0.3 is 0 Å². The highest BCUT2D eigenvalue weighted by Crippen LogP contribution is 2.25. The number of piperidine rings is 1. The minimum absolute atomic E-state index is 0.230. The highest BCUT2D eigenvalue weighted by molar-refractivity contribution is 7.99. The number of amides is 1. The summed E-state index contributed by atoms with van der Waals surface area (Å²) >= 11 is 3.39. The normalized spacial score (nSPS) is 15.5. The molecule has 0 saturated carbocycles. The Kier molecular flexibility index (Phi) is 7.36. The standard InChI is InChI=1S/C23H28N4OS2/c1-26(19-10-14-27(15-11-19)13-9-18-6-4-5-12-24-18)23(28)17-29-16-22-25-20-7-2-3-8-21(20)30-22/h2-8,12,19H,9-11,13-17H2,1H3. The highest BCUT2D eigenvalue weighted by Gasteiger charge is 2.25. The number of benzene rings is 1. The van der Waals surface area contributed by atoms with Gasteiger partial charge in [-0.15, -0.1) is 23.1 Å². The van der Waals surface area contributed by atoms with E-state index in [2.05, 4.69) is 27.0 Å². The summed E-state index contributed by atoms with van der Waals surface area (Å²) in [7, 11) is 1.97. The number of fused-ring (bicyclic) bond motifs is 1. The Morgan fingerprint density at radius 1 is 1.20 bits per heavy atom. The number of thiazole rings is 1. The second-order valence-corrected chi connectivity index (χ2v) is 9.82. The molecule has 0 N–H and O–H groups in total. The van der Waals surface area contributed by atoms with E-state index in [9.17, 15) is 4.79 Å². The predicted octanol–water partition coefficient (Wildman–Crippen LogP) is 4.09. The largest absolute Gasteiger partial charge is 0.342 e. The van der Waals surface area contributed by atoms with Gasteiger partial charge in [0.1, 0.15) is 5.01 Å². The number of hydrogen-bond donors (Lipinski definition) is 0. The number of nitrogens with zero attached hydrogens (tertiary/aromatic N) is 4. The number of aromatic nitrogens is 2. The van der Waals surface area contributed by atoms with Crippen LogP contribution in [0.25, 0.3) is 10.2 Å². The van der Waals surface area contributed by atoms with E-state index in [0.29, 0.717) is 11.8 Å². The zero-order chi connectivity index (χ0) is 20.8. The summed E-state index contributed by atoms with van der Waals surface area (Å²) in [6.45, 7) is 3.14. The molecule has 0 atom stereocenters. The molecule has 7 heteroatoms. The molecule has 1 aliphatic rings. The van der Waals surface area contributed by atoms with Crippen LogP contribution >= 0.6 is 23.1 Å². The molecule has 3 aromatic rings. The molecule has 1 saturated heterocycles. The van der Waals surface area contributed by atoms with E-state index < -0.39 is 0 Å². The predicted molar refractivity (Wildman–Crippen MR) is 126 cm³/mol. The maximum atomic E-state index is 12.7. The molecule has 30 heavy (non-hydrogen) atoms. The molecule has 158 valence electrons. The molecule has 1 aromatic carbocycles. The average Bonchev–Trinajstić information content (AvgIpc) is 3.21. The first kappa shape index (κ1) is 21.3. The zero-order valence-corrected chi connectivity index (χ0v) is 19.0. The first-order valence-corrected chi connectivity index (χ1v) is 12.5.